The van der Waals surface area contributed by atoms with E-state index in [2.05, 4.69) is 53.7 Å². The summed E-state index contributed by atoms with van der Waals surface area (Å²) < 4.78 is 5.01. The number of hydrogen-bond acceptors (Lipinski definition) is 4. The molecule has 2 aromatic rings. The first-order valence-corrected chi connectivity index (χ1v) is 8.47. The number of carbonyl (C=O) groups excluding carboxylic acids is 1. The van der Waals surface area contributed by atoms with Crippen LogP contribution in [0.2, 0.25) is 0 Å². The summed E-state index contributed by atoms with van der Waals surface area (Å²) in [4.78, 5) is 15.6. The molecular formula is C18H21NO2S. The lowest BCUT2D eigenvalue weighted by Gasteiger charge is -2.35. The zero-order chi connectivity index (χ0) is 15.5. The standard InChI is InChI=1S/C18H21NO2S/c1-19-10-9-15(16(12-19)18(20)21-2)13-5-7-14(8-6-13)17-4-3-11-22-17/h3-8,11,15-16H,9-10,12H2,1-2H3/t15-,16-/m1/s1. The highest BCUT2D eigenvalue weighted by atomic mass is 32.1. The lowest BCUT2D eigenvalue weighted by atomic mass is 9.80. The highest BCUT2D eigenvalue weighted by Gasteiger charge is 2.34. The van der Waals surface area contributed by atoms with Gasteiger partial charge in [-0.2, -0.15) is 0 Å². The van der Waals surface area contributed by atoms with Gasteiger partial charge in [0.05, 0.1) is 13.0 Å². The van der Waals surface area contributed by atoms with Gasteiger partial charge in [-0.05, 0) is 48.5 Å². The third-order valence-electron chi connectivity index (χ3n) is 4.46. The van der Waals surface area contributed by atoms with Crippen LogP contribution in [0.3, 0.4) is 0 Å². The number of esters is 1. The van der Waals surface area contributed by atoms with Crippen LogP contribution in [-0.4, -0.2) is 38.1 Å². The Balaban J connectivity index is 1.83. The number of hydrogen-bond donors (Lipinski definition) is 0. The molecule has 0 N–H and O–H groups in total. The smallest absolute Gasteiger partial charge is 0.310 e. The number of benzene rings is 1. The molecule has 2 atom stereocenters. The zero-order valence-electron chi connectivity index (χ0n) is 13.0. The first-order chi connectivity index (χ1) is 10.7. The third kappa shape index (κ3) is 3.08. The lowest BCUT2D eigenvalue weighted by molar-refractivity contribution is -0.148. The minimum Gasteiger partial charge on any atom is -0.469 e. The fraction of sp³-hybridized carbons (Fsp3) is 0.389. The number of carbonyl (C=O) groups is 1. The maximum atomic E-state index is 12.1. The van der Waals surface area contributed by atoms with Crippen molar-refractivity contribution >= 4 is 17.3 Å². The largest absolute Gasteiger partial charge is 0.469 e. The Labute approximate surface area is 135 Å². The second-order valence-electron chi connectivity index (χ2n) is 5.89. The molecule has 3 rings (SSSR count). The van der Waals surface area contributed by atoms with E-state index in [9.17, 15) is 4.79 Å². The maximum Gasteiger partial charge on any atom is 0.310 e. The summed E-state index contributed by atoms with van der Waals surface area (Å²) in [5, 5.41) is 2.09. The Kier molecular flexibility index (Phi) is 4.60. The number of rotatable bonds is 3. The van der Waals surface area contributed by atoms with Crippen molar-refractivity contribution in [1.82, 2.24) is 4.90 Å². The summed E-state index contributed by atoms with van der Waals surface area (Å²) >= 11 is 1.75. The van der Waals surface area contributed by atoms with Crippen molar-refractivity contribution in [2.45, 2.75) is 12.3 Å². The summed E-state index contributed by atoms with van der Waals surface area (Å²) in [6, 6.07) is 12.9. The van der Waals surface area contributed by atoms with Gasteiger partial charge in [0.2, 0.25) is 0 Å². The van der Waals surface area contributed by atoms with Crippen molar-refractivity contribution in [2.75, 3.05) is 27.2 Å². The van der Waals surface area contributed by atoms with Gasteiger partial charge < -0.3 is 9.64 Å². The Bertz CT molecular complexity index is 621. The maximum absolute atomic E-state index is 12.1. The van der Waals surface area contributed by atoms with Crippen LogP contribution in [0.4, 0.5) is 0 Å². The second kappa shape index (κ2) is 6.63. The van der Waals surface area contributed by atoms with Gasteiger partial charge in [0.15, 0.2) is 0 Å². The van der Waals surface area contributed by atoms with Crippen LogP contribution in [0.1, 0.15) is 17.9 Å². The Hall–Kier alpha value is -1.65. The predicted octanol–water partition coefficient (Wildman–Crippen LogP) is 3.62. The number of ether oxygens (including phenoxy) is 1. The zero-order valence-corrected chi connectivity index (χ0v) is 13.8. The van der Waals surface area contributed by atoms with Crippen molar-refractivity contribution < 1.29 is 9.53 Å². The van der Waals surface area contributed by atoms with E-state index in [4.69, 9.17) is 4.74 Å². The fourth-order valence-electron chi connectivity index (χ4n) is 3.24. The summed E-state index contributed by atoms with van der Waals surface area (Å²) in [7, 11) is 3.54. The first-order valence-electron chi connectivity index (χ1n) is 7.59. The van der Waals surface area contributed by atoms with E-state index in [0.29, 0.717) is 0 Å². The molecule has 0 bridgehead atoms. The molecule has 0 unspecified atom stereocenters. The van der Waals surface area contributed by atoms with Gasteiger partial charge in [0, 0.05) is 11.4 Å². The second-order valence-corrected chi connectivity index (χ2v) is 6.83. The van der Waals surface area contributed by atoms with Gasteiger partial charge in [0.1, 0.15) is 0 Å². The van der Waals surface area contributed by atoms with Crippen LogP contribution in [0.25, 0.3) is 10.4 Å². The molecule has 116 valence electrons. The van der Waals surface area contributed by atoms with Crippen molar-refractivity contribution in [3.63, 3.8) is 0 Å². The van der Waals surface area contributed by atoms with Crippen LogP contribution in [0.15, 0.2) is 41.8 Å². The van der Waals surface area contributed by atoms with E-state index >= 15 is 0 Å². The molecule has 0 aliphatic carbocycles. The molecule has 1 aliphatic rings. The van der Waals surface area contributed by atoms with Gasteiger partial charge in [-0.15, -0.1) is 11.3 Å². The van der Waals surface area contributed by atoms with Gasteiger partial charge in [0.25, 0.3) is 0 Å². The molecule has 0 radical (unpaired) electrons. The van der Waals surface area contributed by atoms with Crippen LogP contribution >= 0.6 is 11.3 Å². The van der Waals surface area contributed by atoms with Crippen molar-refractivity contribution in [3.05, 3.63) is 47.3 Å². The van der Waals surface area contributed by atoms with E-state index in [0.717, 1.165) is 19.5 Å². The molecule has 22 heavy (non-hydrogen) atoms. The molecule has 2 heterocycles. The highest BCUT2D eigenvalue weighted by Crippen LogP contribution is 2.35. The van der Waals surface area contributed by atoms with Crippen LogP contribution in [-0.2, 0) is 9.53 Å². The normalized spacial score (nSPS) is 22.5. The van der Waals surface area contributed by atoms with Crippen molar-refractivity contribution in [3.8, 4) is 10.4 Å². The molecule has 1 aromatic carbocycles. The molecular weight excluding hydrogens is 294 g/mol. The first kappa shape index (κ1) is 15.3. The molecule has 0 amide bonds. The van der Waals surface area contributed by atoms with Gasteiger partial charge in [-0.25, -0.2) is 0 Å². The monoisotopic (exact) mass is 315 g/mol. The van der Waals surface area contributed by atoms with E-state index in [1.165, 1.54) is 23.1 Å². The van der Waals surface area contributed by atoms with E-state index in [1.54, 1.807) is 11.3 Å². The van der Waals surface area contributed by atoms with Gasteiger partial charge in [-0.1, -0.05) is 30.3 Å². The van der Waals surface area contributed by atoms with Gasteiger partial charge in [-0.3, -0.25) is 4.79 Å². The minimum absolute atomic E-state index is 0.0728. The Morgan fingerprint density at radius 1 is 1.27 bits per heavy atom. The lowest BCUT2D eigenvalue weighted by Crippen LogP contribution is -2.41. The summed E-state index contributed by atoms with van der Waals surface area (Å²) in [5.41, 5.74) is 2.48. The molecule has 0 saturated carbocycles. The SMILES string of the molecule is COC(=O)[C@@H]1CN(C)CC[C@@H]1c1ccc(-c2cccs2)cc1. The Morgan fingerprint density at radius 2 is 2.05 bits per heavy atom. The molecule has 4 heteroatoms. The predicted molar refractivity (Wildman–Crippen MR) is 90.1 cm³/mol. The minimum atomic E-state index is -0.0983. The Morgan fingerprint density at radius 3 is 2.68 bits per heavy atom. The number of piperidine rings is 1. The van der Waals surface area contributed by atoms with E-state index in [1.807, 2.05) is 0 Å². The average Bonchev–Trinajstić information content (AvgIpc) is 3.09. The molecule has 3 nitrogen and oxygen atoms in total. The third-order valence-corrected chi connectivity index (χ3v) is 5.38. The number of nitrogens with zero attached hydrogens (tertiary/aromatic N) is 1. The van der Waals surface area contributed by atoms with Crippen molar-refractivity contribution in [1.29, 1.82) is 0 Å². The topological polar surface area (TPSA) is 29.5 Å². The molecule has 1 fully saturated rings. The number of likely N-dealkylation sites (tertiary alicyclic amines) is 1. The number of methoxy groups -OCH3 is 1. The quantitative estimate of drug-likeness (QED) is 0.810. The molecule has 0 spiro atoms. The number of thiophene rings is 1. The molecule has 1 aliphatic heterocycles. The van der Waals surface area contributed by atoms with Gasteiger partial charge >= 0.3 is 5.97 Å². The van der Waals surface area contributed by atoms with E-state index in [-0.39, 0.29) is 17.8 Å². The molecule has 1 aromatic heterocycles. The summed E-state index contributed by atoms with van der Waals surface area (Å²) in [6.07, 6.45) is 0.995. The average molecular weight is 315 g/mol. The van der Waals surface area contributed by atoms with Crippen molar-refractivity contribution in [2.24, 2.45) is 5.92 Å². The van der Waals surface area contributed by atoms with Crippen LogP contribution in [0.5, 0.6) is 0 Å². The fourth-order valence-corrected chi connectivity index (χ4v) is 3.97. The van der Waals surface area contributed by atoms with E-state index < -0.39 is 0 Å². The highest BCUT2D eigenvalue weighted by molar-refractivity contribution is 7.13. The summed E-state index contributed by atoms with van der Waals surface area (Å²) in [5.74, 6) is 0.0799. The van der Waals surface area contributed by atoms with Crippen LogP contribution in [0, 0.1) is 5.92 Å². The summed E-state index contributed by atoms with van der Waals surface area (Å²) in [6.45, 7) is 1.79. The van der Waals surface area contributed by atoms with Crippen LogP contribution < -0.4 is 0 Å². The molecule has 1 saturated heterocycles.